The number of tetrazole rings is 1. The number of ether oxygens (including phenoxy) is 1. The first-order valence-electron chi connectivity index (χ1n) is 9.67. The minimum absolute atomic E-state index is 0.0976. The summed E-state index contributed by atoms with van der Waals surface area (Å²) in [5, 5.41) is 14.8. The lowest BCUT2D eigenvalue weighted by molar-refractivity contribution is -0.126. The number of nitrogens with zero attached hydrogens (tertiary/aromatic N) is 5. The summed E-state index contributed by atoms with van der Waals surface area (Å²) < 4.78 is 7.35. The molecule has 2 atom stereocenters. The first-order valence-corrected chi connectivity index (χ1v) is 10.5. The molecule has 3 heterocycles. The number of aromatic nitrogens is 4. The SMILES string of the molecule is CC(Sc1nnnn1CC1CCCO1)C(=O)N1c2ccccc2NC(=O)C1(C)C. The number of rotatable bonds is 5. The third-order valence-electron chi connectivity index (χ3n) is 5.26. The molecule has 2 aromatic rings. The van der Waals surface area contributed by atoms with Gasteiger partial charge in [-0.25, -0.2) is 4.68 Å². The second-order valence-corrected chi connectivity index (χ2v) is 9.05. The van der Waals surface area contributed by atoms with Gasteiger partial charge < -0.3 is 10.1 Å². The highest BCUT2D eigenvalue weighted by Gasteiger charge is 2.45. The van der Waals surface area contributed by atoms with E-state index < -0.39 is 10.8 Å². The van der Waals surface area contributed by atoms with Crippen LogP contribution in [0.4, 0.5) is 11.4 Å². The molecule has 1 aromatic carbocycles. The standard InChI is InChI=1S/C19H24N6O3S/c1-12(29-18-21-22-23-24(18)11-13-7-6-10-28-13)16(26)25-15-9-5-4-8-14(15)20-17(27)19(25,2)3/h4-5,8-9,12-13H,6-7,10-11H2,1-3H3,(H,20,27). The van der Waals surface area contributed by atoms with Crippen molar-refractivity contribution in [1.82, 2.24) is 20.2 Å². The molecule has 1 N–H and O–H groups in total. The van der Waals surface area contributed by atoms with Crippen LogP contribution in [0.2, 0.25) is 0 Å². The molecule has 2 aliphatic heterocycles. The van der Waals surface area contributed by atoms with Gasteiger partial charge >= 0.3 is 0 Å². The molecule has 1 fully saturated rings. The molecule has 2 unspecified atom stereocenters. The molecule has 154 valence electrons. The van der Waals surface area contributed by atoms with E-state index in [1.807, 2.05) is 25.1 Å². The van der Waals surface area contributed by atoms with Crippen molar-refractivity contribution in [2.24, 2.45) is 0 Å². The fraction of sp³-hybridized carbons (Fsp3) is 0.526. The molecule has 10 heteroatoms. The van der Waals surface area contributed by atoms with Crippen molar-refractivity contribution in [3.63, 3.8) is 0 Å². The summed E-state index contributed by atoms with van der Waals surface area (Å²) in [4.78, 5) is 27.6. The Hall–Kier alpha value is -2.46. The first kappa shape index (κ1) is 19.8. The fourth-order valence-electron chi connectivity index (χ4n) is 3.61. The number of fused-ring (bicyclic) bond motifs is 1. The third-order valence-corrected chi connectivity index (χ3v) is 6.32. The number of benzene rings is 1. The van der Waals surface area contributed by atoms with E-state index in [-0.39, 0.29) is 17.9 Å². The van der Waals surface area contributed by atoms with Gasteiger partial charge in [0.05, 0.1) is 29.3 Å². The maximum absolute atomic E-state index is 13.4. The van der Waals surface area contributed by atoms with Crippen LogP contribution in [0, 0.1) is 0 Å². The number of amides is 2. The van der Waals surface area contributed by atoms with Crippen LogP contribution in [0.3, 0.4) is 0 Å². The number of thioether (sulfide) groups is 1. The van der Waals surface area contributed by atoms with Gasteiger partial charge in [0, 0.05) is 6.61 Å². The maximum Gasteiger partial charge on any atom is 0.250 e. The minimum atomic E-state index is -1.01. The summed E-state index contributed by atoms with van der Waals surface area (Å²) in [6.07, 6.45) is 2.11. The Bertz CT molecular complexity index is 924. The molecule has 0 radical (unpaired) electrons. The Morgan fingerprint density at radius 2 is 2.21 bits per heavy atom. The average Bonchev–Trinajstić information content (AvgIpc) is 3.35. The fourth-order valence-corrected chi connectivity index (χ4v) is 4.45. The van der Waals surface area contributed by atoms with Gasteiger partial charge in [-0.1, -0.05) is 23.9 Å². The number of hydrogen-bond donors (Lipinski definition) is 1. The Kier molecular flexibility index (Phi) is 5.30. The van der Waals surface area contributed by atoms with Crippen LogP contribution in [0.5, 0.6) is 0 Å². The predicted octanol–water partition coefficient (Wildman–Crippen LogP) is 2.10. The van der Waals surface area contributed by atoms with E-state index in [0.29, 0.717) is 23.1 Å². The predicted molar refractivity (Wildman–Crippen MR) is 109 cm³/mol. The van der Waals surface area contributed by atoms with Crippen LogP contribution >= 0.6 is 11.8 Å². The quantitative estimate of drug-likeness (QED) is 0.745. The lowest BCUT2D eigenvalue weighted by Gasteiger charge is -2.43. The zero-order valence-corrected chi connectivity index (χ0v) is 17.5. The van der Waals surface area contributed by atoms with Crippen molar-refractivity contribution < 1.29 is 14.3 Å². The minimum Gasteiger partial charge on any atom is -0.376 e. The zero-order valence-electron chi connectivity index (χ0n) is 16.7. The molecule has 2 aliphatic rings. The first-order chi connectivity index (χ1) is 13.9. The van der Waals surface area contributed by atoms with Gasteiger partial charge in [-0.2, -0.15) is 0 Å². The monoisotopic (exact) mass is 416 g/mol. The summed E-state index contributed by atoms with van der Waals surface area (Å²) in [7, 11) is 0. The van der Waals surface area contributed by atoms with Crippen molar-refractivity contribution in [2.75, 3.05) is 16.8 Å². The van der Waals surface area contributed by atoms with Gasteiger partial charge in [0.1, 0.15) is 5.54 Å². The smallest absolute Gasteiger partial charge is 0.250 e. The van der Waals surface area contributed by atoms with Crippen molar-refractivity contribution in [3.05, 3.63) is 24.3 Å². The van der Waals surface area contributed by atoms with Crippen molar-refractivity contribution in [3.8, 4) is 0 Å². The summed E-state index contributed by atoms with van der Waals surface area (Å²) in [6.45, 7) is 6.62. The van der Waals surface area contributed by atoms with Gasteiger partial charge in [-0.3, -0.25) is 14.5 Å². The van der Waals surface area contributed by atoms with Crippen LogP contribution in [0.1, 0.15) is 33.6 Å². The second kappa shape index (κ2) is 7.75. The van der Waals surface area contributed by atoms with Gasteiger partial charge in [0.25, 0.3) is 0 Å². The highest BCUT2D eigenvalue weighted by Crippen LogP contribution is 2.38. The van der Waals surface area contributed by atoms with E-state index in [1.165, 1.54) is 11.8 Å². The number of hydrogen-bond acceptors (Lipinski definition) is 7. The van der Waals surface area contributed by atoms with Crippen molar-refractivity contribution in [2.45, 2.75) is 62.2 Å². The molecule has 1 saturated heterocycles. The van der Waals surface area contributed by atoms with Crippen LogP contribution in [0.15, 0.2) is 29.4 Å². The normalized spacial score (nSPS) is 21.6. The number of para-hydroxylation sites is 2. The van der Waals surface area contributed by atoms with Gasteiger partial charge in [0.2, 0.25) is 17.0 Å². The van der Waals surface area contributed by atoms with E-state index in [2.05, 4.69) is 20.8 Å². The molecule has 0 bridgehead atoms. The van der Waals surface area contributed by atoms with Crippen LogP contribution < -0.4 is 10.2 Å². The molecular weight excluding hydrogens is 392 g/mol. The topological polar surface area (TPSA) is 102 Å². The molecule has 1 aromatic heterocycles. The molecule has 4 rings (SSSR count). The molecular formula is C19H24N6O3S. The lowest BCUT2D eigenvalue weighted by Crippen LogP contribution is -2.60. The summed E-state index contributed by atoms with van der Waals surface area (Å²) in [5.41, 5.74) is 0.309. The van der Waals surface area contributed by atoms with Gasteiger partial charge in [0.15, 0.2) is 0 Å². The number of carbonyl (C=O) groups is 2. The van der Waals surface area contributed by atoms with Crippen LogP contribution in [-0.4, -0.2) is 55.5 Å². The van der Waals surface area contributed by atoms with Gasteiger partial charge in [-0.05, 0) is 56.2 Å². The molecule has 29 heavy (non-hydrogen) atoms. The van der Waals surface area contributed by atoms with Crippen molar-refractivity contribution in [1.29, 1.82) is 0 Å². The number of anilines is 2. The highest BCUT2D eigenvalue weighted by molar-refractivity contribution is 8.00. The Labute approximate surface area is 173 Å². The lowest BCUT2D eigenvalue weighted by atomic mass is 9.96. The summed E-state index contributed by atoms with van der Waals surface area (Å²) in [5.74, 6) is -0.390. The van der Waals surface area contributed by atoms with Crippen LogP contribution in [-0.2, 0) is 20.9 Å². The van der Waals surface area contributed by atoms with E-state index >= 15 is 0 Å². The van der Waals surface area contributed by atoms with Crippen molar-refractivity contribution >= 4 is 35.0 Å². The van der Waals surface area contributed by atoms with E-state index in [1.54, 1.807) is 29.5 Å². The number of carbonyl (C=O) groups excluding carboxylic acids is 2. The molecule has 9 nitrogen and oxygen atoms in total. The molecule has 0 spiro atoms. The van der Waals surface area contributed by atoms with Crippen LogP contribution in [0.25, 0.3) is 0 Å². The average molecular weight is 417 g/mol. The Morgan fingerprint density at radius 3 is 2.97 bits per heavy atom. The Morgan fingerprint density at radius 1 is 1.41 bits per heavy atom. The summed E-state index contributed by atoms with van der Waals surface area (Å²) in [6, 6.07) is 7.32. The third kappa shape index (κ3) is 3.74. The summed E-state index contributed by atoms with van der Waals surface area (Å²) >= 11 is 1.29. The Balaban J connectivity index is 1.55. The van der Waals surface area contributed by atoms with Gasteiger partial charge in [-0.15, -0.1) is 5.10 Å². The molecule has 0 aliphatic carbocycles. The number of nitrogens with one attached hydrogen (secondary N) is 1. The van der Waals surface area contributed by atoms with E-state index in [4.69, 9.17) is 4.74 Å². The second-order valence-electron chi connectivity index (χ2n) is 7.74. The maximum atomic E-state index is 13.4. The largest absolute Gasteiger partial charge is 0.376 e. The molecule has 0 saturated carbocycles. The van der Waals surface area contributed by atoms with E-state index in [9.17, 15) is 9.59 Å². The molecule has 2 amide bonds. The zero-order chi connectivity index (χ0) is 20.6. The van der Waals surface area contributed by atoms with E-state index in [0.717, 1.165) is 19.4 Å². The highest BCUT2D eigenvalue weighted by atomic mass is 32.2.